The van der Waals surface area contributed by atoms with Gasteiger partial charge in [-0.05, 0) is 36.4 Å². The van der Waals surface area contributed by atoms with Gasteiger partial charge in [0.1, 0.15) is 11.6 Å². The Kier molecular flexibility index (Phi) is 5.15. The van der Waals surface area contributed by atoms with E-state index in [1.165, 1.54) is 24.3 Å². The average Bonchev–Trinajstić information content (AvgIpc) is 2.41. The maximum absolute atomic E-state index is 12.9. The molecule has 1 amide bonds. The van der Waals surface area contributed by atoms with E-state index in [4.69, 9.17) is 23.2 Å². The highest BCUT2D eigenvalue weighted by atomic mass is 35.5. The fourth-order valence-electron chi connectivity index (χ4n) is 1.64. The van der Waals surface area contributed by atoms with Gasteiger partial charge in [-0.25, -0.2) is 4.39 Å². The summed E-state index contributed by atoms with van der Waals surface area (Å²) in [6.07, 6.45) is 0. The van der Waals surface area contributed by atoms with Gasteiger partial charge in [-0.1, -0.05) is 23.2 Å². The van der Waals surface area contributed by atoms with Gasteiger partial charge < -0.3 is 10.1 Å². The van der Waals surface area contributed by atoms with Crippen molar-refractivity contribution in [2.24, 2.45) is 0 Å². The summed E-state index contributed by atoms with van der Waals surface area (Å²) in [4.78, 5) is 12.0. The first kappa shape index (κ1) is 16.5. The summed E-state index contributed by atoms with van der Waals surface area (Å²) >= 11 is 11.5. The fraction of sp³-hybridized carbons (Fsp3) is 0.0714. The second-order valence-electron chi connectivity index (χ2n) is 4.10. The topological polar surface area (TPSA) is 38.3 Å². The number of carbonyl (C=O) groups is 1. The standard InChI is InChI=1S/C14H8Cl2F3NO2/c15-10-5-7(17)1-3-9(10)13(21)20-8-2-4-12(11(16)6-8)22-14(18)19/h1-6,14H,(H,20,21). The van der Waals surface area contributed by atoms with Crippen molar-refractivity contribution in [2.45, 2.75) is 6.61 Å². The van der Waals surface area contributed by atoms with Gasteiger partial charge in [-0.15, -0.1) is 0 Å². The molecule has 116 valence electrons. The maximum atomic E-state index is 12.9. The molecule has 0 bridgehead atoms. The van der Waals surface area contributed by atoms with Crippen LogP contribution >= 0.6 is 23.2 Å². The van der Waals surface area contributed by atoms with E-state index in [0.717, 1.165) is 12.1 Å². The molecule has 1 N–H and O–H groups in total. The molecule has 2 aromatic carbocycles. The summed E-state index contributed by atoms with van der Waals surface area (Å²) < 4.78 is 41.3. The lowest BCUT2D eigenvalue weighted by atomic mass is 10.2. The van der Waals surface area contributed by atoms with E-state index in [2.05, 4.69) is 10.1 Å². The molecular formula is C14H8Cl2F3NO2. The third kappa shape index (κ3) is 4.05. The summed E-state index contributed by atoms with van der Waals surface area (Å²) in [5.74, 6) is -1.38. The van der Waals surface area contributed by atoms with Crippen LogP contribution in [0.5, 0.6) is 5.75 Å². The Morgan fingerprint density at radius 3 is 2.41 bits per heavy atom. The molecule has 0 fully saturated rings. The molecule has 0 aliphatic heterocycles. The Balaban J connectivity index is 2.16. The number of hydrogen-bond donors (Lipinski definition) is 1. The number of amides is 1. The van der Waals surface area contributed by atoms with E-state index < -0.39 is 18.3 Å². The number of alkyl halides is 2. The lowest BCUT2D eigenvalue weighted by molar-refractivity contribution is -0.0497. The molecule has 0 saturated heterocycles. The molecule has 2 aromatic rings. The number of nitrogens with one attached hydrogen (secondary N) is 1. The number of halogens is 5. The molecule has 0 atom stereocenters. The van der Waals surface area contributed by atoms with Gasteiger partial charge in [0.25, 0.3) is 5.91 Å². The van der Waals surface area contributed by atoms with Crippen LogP contribution in [0.25, 0.3) is 0 Å². The van der Waals surface area contributed by atoms with E-state index in [-0.39, 0.29) is 27.0 Å². The first-order valence-electron chi connectivity index (χ1n) is 5.87. The van der Waals surface area contributed by atoms with Crippen molar-refractivity contribution in [1.29, 1.82) is 0 Å². The summed E-state index contributed by atoms with van der Waals surface area (Å²) in [7, 11) is 0. The number of hydrogen-bond acceptors (Lipinski definition) is 2. The molecule has 0 aromatic heterocycles. The van der Waals surface area contributed by atoms with Crippen molar-refractivity contribution >= 4 is 34.8 Å². The van der Waals surface area contributed by atoms with Gasteiger partial charge in [0.05, 0.1) is 15.6 Å². The van der Waals surface area contributed by atoms with Gasteiger partial charge in [0.2, 0.25) is 0 Å². The Morgan fingerprint density at radius 1 is 1.09 bits per heavy atom. The van der Waals surface area contributed by atoms with Crippen LogP contribution in [-0.2, 0) is 0 Å². The van der Waals surface area contributed by atoms with Crippen LogP contribution in [-0.4, -0.2) is 12.5 Å². The average molecular weight is 350 g/mol. The van der Waals surface area contributed by atoms with Crippen LogP contribution in [0.4, 0.5) is 18.9 Å². The number of benzene rings is 2. The summed E-state index contributed by atoms with van der Waals surface area (Å²) in [6, 6.07) is 7.09. The predicted octanol–water partition coefficient (Wildman–Crippen LogP) is 4.99. The monoisotopic (exact) mass is 349 g/mol. The van der Waals surface area contributed by atoms with Crippen LogP contribution in [0.2, 0.25) is 10.0 Å². The number of carbonyl (C=O) groups excluding carboxylic acids is 1. The van der Waals surface area contributed by atoms with Crippen molar-refractivity contribution < 1.29 is 22.7 Å². The lowest BCUT2D eigenvalue weighted by Crippen LogP contribution is -2.12. The van der Waals surface area contributed by atoms with Gasteiger partial charge in [-0.2, -0.15) is 8.78 Å². The van der Waals surface area contributed by atoms with Gasteiger partial charge in [-0.3, -0.25) is 4.79 Å². The van der Waals surface area contributed by atoms with E-state index in [1.807, 2.05) is 0 Å². The van der Waals surface area contributed by atoms with E-state index in [0.29, 0.717) is 0 Å². The van der Waals surface area contributed by atoms with Crippen molar-refractivity contribution in [2.75, 3.05) is 5.32 Å². The van der Waals surface area contributed by atoms with Gasteiger partial charge >= 0.3 is 6.61 Å². The molecule has 0 aliphatic rings. The molecular weight excluding hydrogens is 342 g/mol. The van der Waals surface area contributed by atoms with Gasteiger partial charge in [0, 0.05) is 5.69 Å². The Labute approximate surface area is 133 Å². The molecule has 0 spiro atoms. The second kappa shape index (κ2) is 6.89. The lowest BCUT2D eigenvalue weighted by Gasteiger charge is -2.10. The Bertz CT molecular complexity index is 710. The molecule has 0 saturated carbocycles. The number of ether oxygens (including phenoxy) is 1. The Morgan fingerprint density at radius 2 is 1.82 bits per heavy atom. The predicted molar refractivity (Wildman–Crippen MR) is 77.4 cm³/mol. The second-order valence-corrected chi connectivity index (χ2v) is 4.92. The highest BCUT2D eigenvalue weighted by molar-refractivity contribution is 6.34. The quantitative estimate of drug-likeness (QED) is 0.844. The van der Waals surface area contributed by atoms with Crippen LogP contribution in [0.15, 0.2) is 36.4 Å². The highest BCUT2D eigenvalue weighted by Gasteiger charge is 2.13. The smallest absolute Gasteiger partial charge is 0.387 e. The Hall–Kier alpha value is -1.92. The van der Waals surface area contributed by atoms with Crippen LogP contribution in [0.1, 0.15) is 10.4 Å². The summed E-state index contributed by atoms with van der Waals surface area (Å²) in [5, 5.41) is 2.32. The van der Waals surface area contributed by atoms with E-state index in [1.54, 1.807) is 0 Å². The fourth-order valence-corrected chi connectivity index (χ4v) is 2.12. The number of anilines is 1. The highest BCUT2D eigenvalue weighted by Crippen LogP contribution is 2.29. The van der Waals surface area contributed by atoms with Crippen LogP contribution in [0.3, 0.4) is 0 Å². The minimum atomic E-state index is -3.00. The molecule has 2 rings (SSSR count). The van der Waals surface area contributed by atoms with Crippen LogP contribution in [0, 0.1) is 5.82 Å². The molecule has 22 heavy (non-hydrogen) atoms. The van der Waals surface area contributed by atoms with Crippen molar-refractivity contribution in [1.82, 2.24) is 0 Å². The zero-order valence-corrected chi connectivity index (χ0v) is 12.3. The molecule has 3 nitrogen and oxygen atoms in total. The first-order valence-corrected chi connectivity index (χ1v) is 6.63. The minimum absolute atomic E-state index is 0.0544. The molecule has 8 heteroatoms. The maximum Gasteiger partial charge on any atom is 0.387 e. The number of rotatable bonds is 4. The largest absolute Gasteiger partial charge is 0.433 e. The van der Waals surface area contributed by atoms with E-state index >= 15 is 0 Å². The SMILES string of the molecule is O=C(Nc1ccc(OC(F)F)c(Cl)c1)c1ccc(F)cc1Cl. The van der Waals surface area contributed by atoms with Crippen LogP contribution < -0.4 is 10.1 Å². The minimum Gasteiger partial charge on any atom is -0.433 e. The third-order valence-corrected chi connectivity index (χ3v) is 3.19. The third-order valence-electron chi connectivity index (χ3n) is 2.58. The molecule has 0 aliphatic carbocycles. The molecule has 0 radical (unpaired) electrons. The molecule has 0 heterocycles. The normalized spacial score (nSPS) is 10.6. The van der Waals surface area contributed by atoms with Crippen molar-refractivity contribution in [3.05, 3.63) is 57.8 Å². The zero-order valence-electron chi connectivity index (χ0n) is 10.7. The summed E-state index contributed by atoms with van der Waals surface area (Å²) in [6.45, 7) is -3.00. The molecule has 0 unspecified atom stereocenters. The van der Waals surface area contributed by atoms with E-state index in [9.17, 15) is 18.0 Å². The van der Waals surface area contributed by atoms with Crippen molar-refractivity contribution in [3.63, 3.8) is 0 Å². The zero-order chi connectivity index (χ0) is 16.3. The first-order chi connectivity index (χ1) is 10.4. The summed E-state index contributed by atoms with van der Waals surface area (Å²) in [5.41, 5.74) is 0.309. The van der Waals surface area contributed by atoms with Crippen molar-refractivity contribution in [3.8, 4) is 5.75 Å². The van der Waals surface area contributed by atoms with Gasteiger partial charge in [0.15, 0.2) is 0 Å².